The second-order valence-corrected chi connectivity index (χ2v) is 6.10. The van der Waals surface area contributed by atoms with E-state index < -0.39 is 20.9 Å². The highest BCUT2D eigenvalue weighted by molar-refractivity contribution is 7.89. The molecule has 0 saturated carbocycles. The van der Waals surface area contributed by atoms with Crippen LogP contribution in [0.25, 0.3) is 0 Å². The first-order valence-corrected chi connectivity index (χ1v) is 7.12. The zero-order valence-electron chi connectivity index (χ0n) is 11.2. The quantitative estimate of drug-likeness (QED) is 0.769. The topological polar surface area (TPSA) is 106 Å². The number of nitrogens with one attached hydrogen (secondary N) is 1. The van der Waals surface area contributed by atoms with E-state index in [1.54, 1.807) is 0 Å². The molecule has 1 heterocycles. The van der Waals surface area contributed by atoms with Crippen LogP contribution in [0.5, 0.6) is 0 Å². The molecule has 0 aliphatic rings. The third-order valence-electron chi connectivity index (χ3n) is 2.27. The highest BCUT2D eigenvalue weighted by Crippen LogP contribution is 2.26. The predicted octanol–water partition coefficient (Wildman–Crippen LogP) is 1.46. The Kier molecular flexibility index (Phi) is 4.72. The monoisotopic (exact) mass is 291 g/mol. The molecule has 0 aromatic carbocycles. The minimum atomic E-state index is -4.09. The number of rotatable bonds is 6. The zero-order valence-corrected chi connectivity index (χ0v) is 12.0. The van der Waals surface area contributed by atoms with Crippen LogP contribution in [-0.4, -0.2) is 26.1 Å². The van der Waals surface area contributed by atoms with Gasteiger partial charge in [-0.2, -0.15) is 0 Å². The Morgan fingerprint density at radius 1 is 1.37 bits per heavy atom. The van der Waals surface area contributed by atoms with E-state index in [1.165, 1.54) is 13.8 Å². The third kappa shape index (κ3) is 3.55. The lowest BCUT2D eigenvalue weighted by atomic mass is 10.2. The molecule has 1 aromatic rings. The molecule has 0 atom stereocenters. The molecule has 1 aromatic heterocycles. The highest BCUT2D eigenvalue weighted by atomic mass is 32.2. The van der Waals surface area contributed by atoms with Crippen molar-refractivity contribution in [2.45, 2.75) is 32.6 Å². The molecule has 0 radical (unpaired) electrons. The number of carbonyl (C=O) groups is 1. The van der Waals surface area contributed by atoms with Gasteiger partial charge in [-0.15, -0.1) is 0 Å². The van der Waals surface area contributed by atoms with Crippen LogP contribution < -0.4 is 4.89 Å². The van der Waals surface area contributed by atoms with Crippen LogP contribution in [0, 0.1) is 19.8 Å². The van der Waals surface area contributed by atoms with E-state index in [0.717, 1.165) is 0 Å². The lowest BCUT2D eigenvalue weighted by Crippen LogP contribution is -2.27. The summed E-state index contributed by atoms with van der Waals surface area (Å²) in [6, 6.07) is 0. The van der Waals surface area contributed by atoms with Crippen molar-refractivity contribution in [1.29, 1.82) is 0 Å². The summed E-state index contributed by atoms with van der Waals surface area (Å²) in [6.45, 7) is 6.66. The van der Waals surface area contributed by atoms with Gasteiger partial charge in [-0.05, 0) is 19.8 Å². The van der Waals surface area contributed by atoms with Gasteiger partial charge >= 0.3 is 5.97 Å². The van der Waals surface area contributed by atoms with Crippen LogP contribution in [0.3, 0.4) is 0 Å². The van der Waals surface area contributed by atoms with E-state index in [-0.39, 0.29) is 29.6 Å². The van der Waals surface area contributed by atoms with Crippen molar-refractivity contribution in [3.63, 3.8) is 0 Å². The molecule has 0 fully saturated rings. The van der Waals surface area contributed by atoms with Gasteiger partial charge < -0.3 is 9.52 Å². The van der Waals surface area contributed by atoms with Crippen molar-refractivity contribution in [3.8, 4) is 0 Å². The first kappa shape index (κ1) is 15.7. The Bertz CT molecular complexity index is 572. The number of aryl methyl sites for hydroxylation is 2. The summed E-state index contributed by atoms with van der Waals surface area (Å²) in [5, 5.41) is 9.04. The SMILES string of the molecule is Cc1oc(C)c(S(=O)(=O)NOCC(C)C)c1C(=O)O. The number of hydrogen-bond acceptors (Lipinski definition) is 5. The average Bonchev–Trinajstić information content (AvgIpc) is 2.53. The molecule has 1 rings (SSSR count). The number of furan rings is 1. The molecule has 0 aliphatic carbocycles. The second kappa shape index (κ2) is 5.72. The molecule has 0 saturated heterocycles. The van der Waals surface area contributed by atoms with Gasteiger partial charge in [0.15, 0.2) is 0 Å². The molecule has 0 bridgehead atoms. The van der Waals surface area contributed by atoms with Gasteiger partial charge in [0.1, 0.15) is 22.0 Å². The molecule has 0 aliphatic heterocycles. The third-order valence-corrected chi connectivity index (χ3v) is 3.64. The molecule has 0 unspecified atom stereocenters. The Labute approximate surface area is 111 Å². The Hall–Kier alpha value is -1.38. The molecule has 7 nitrogen and oxygen atoms in total. The lowest BCUT2D eigenvalue weighted by Gasteiger charge is -2.08. The largest absolute Gasteiger partial charge is 0.478 e. The van der Waals surface area contributed by atoms with E-state index in [4.69, 9.17) is 14.4 Å². The summed E-state index contributed by atoms with van der Waals surface area (Å²) >= 11 is 0. The number of carboxylic acid groups (broad SMARTS) is 1. The average molecular weight is 291 g/mol. The van der Waals surface area contributed by atoms with Crippen LogP contribution in [0.1, 0.15) is 35.7 Å². The van der Waals surface area contributed by atoms with Gasteiger partial charge in [-0.25, -0.2) is 13.2 Å². The number of sulfonamides is 1. The minimum Gasteiger partial charge on any atom is -0.478 e. The molecule has 19 heavy (non-hydrogen) atoms. The first-order chi connectivity index (χ1) is 8.66. The fraction of sp³-hybridized carbons (Fsp3) is 0.545. The Morgan fingerprint density at radius 2 is 1.95 bits per heavy atom. The van der Waals surface area contributed by atoms with Gasteiger partial charge in [-0.3, -0.25) is 4.84 Å². The van der Waals surface area contributed by atoms with Crippen molar-refractivity contribution in [2.75, 3.05) is 6.61 Å². The summed E-state index contributed by atoms with van der Waals surface area (Å²) in [7, 11) is -4.09. The van der Waals surface area contributed by atoms with Gasteiger partial charge in [-0.1, -0.05) is 18.7 Å². The fourth-order valence-electron chi connectivity index (χ4n) is 1.55. The van der Waals surface area contributed by atoms with Gasteiger partial charge in [0.25, 0.3) is 10.0 Å². The Morgan fingerprint density at radius 3 is 2.42 bits per heavy atom. The maximum atomic E-state index is 12.0. The van der Waals surface area contributed by atoms with Crippen molar-refractivity contribution < 1.29 is 27.6 Å². The van der Waals surface area contributed by atoms with Crippen molar-refractivity contribution >= 4 is 16.0 Å². The second-order valence-electron chi connectivity index (χ2n) is 4.52. The zero-order chi connectivity index (χ0) is 14.8. The fourth-order valence-corrected chi connectivity index (χ4v) is 2.78. The summed E-state index contributed by atoms with van der Waals surface area (Å²) in [5.74, 6) is -1.18. The summed E-state index contributed by atoms with van der Waals surface area (Å²) in [5.41, 5.74) is -0.377. The molecule has 0 amide bonds. The summed E-state index contributed by atoms with van der Waals surface area (Å²) in [4.78, 5) is 17.4. The van der Waals surface area contributed by atoms with Crippen molar-refractivity contribution in [3.05, 3.63) is 17.1 Å². The van der Waals surface area contributed by atoms with Crippen molar-refractivity contribution in [2.24, 2.45) is 5.92 Å². The molecule has 0 spiro atoms. The van der Waals surface area contributed by atoms with Crippen LogP contribution in [-0.2, 0) is 14.9 Å². The van der Waals surface area contributed by atoms with Crippen LogP contribution in [0.15, 0.2) is 9.31 Å². The maximum Gasteiger partial charge on any atom is 0.340 e. The van der Waals surface area contributed by atoms with Gasteiger partial charge in [0, 0.05) is 0 Å². The lowest BCUT2D eigenvalue weighted by molar-refractivity contribution is 0.0683. The van der Waals surface area contributed by atoms with E-state index in [9.17, 15) is 13.2 Å². The number of hydrogen-bond donors (Lipinski definition) is 2. The maximum absolute atomic E-state index is 12.0. The molecular weight excluding hydrogens is 274 g/mol. The molecular formula is C11H17NO6S. The highest BCUT2D eigenvalue weighted by Gasteiger charge is 2.31. The number of carboxylic acids is 1. The first-order valence-electron chi connectivity index (χ1n) is 5.63. The standard InChI is InChI=1S/C11H17NO6S/c1-6(2)5-17-12-19(15,16)10-8(4)18-7(3)9(10)11(13)14/h6,12H,5H2,1-4H3,(H,13,14). The Balaban J connectivity index is 3.11. The molecule has 2 N–H and O–H groups in total. The predicted molar refractivity (Wildman–Crippen MR) is 66.3 cm³/mol. The smallest absolute Gasteiger partial charge is 0.340 e. The molecule has 108 valence electrons. The molecule has 8 heteroatoms. The normalized spacial score (nSPS) is 12.1. The van der Waals surface area contributed by atoms with E-state index in [0.29, 0.717) is 0 Å². The van der Waals surface area contributed by atoms with Crippen LogP contribution in [0.2, 0.25) is 0 Å². The summed E-state index contributed by atoms with van der Waals surface area (Å²) in [6.07, 6.45) is 0. The van der Waals surface area contributed by atoms with E-state index in [1.807, 2.05) is 18.7 Å². The van der Waals surface area contributed by atoms with Gasteiger partial charge in [0.2, 0.25) is 0 Å². The van der Waals surface area contributed by atoms with Crippen LogP contribution in [0.4, 0.5) is 0 Å². The van der Waals surface area contributed by atoms with Gasteiger partial charge in [0.05, 0.1) is 6.61 Å². The minimum absolute atomic E-state index is 0.00977. The van der Waals surface area contributed by atoms with E-state index >= 15 is 0 Å². The van der Waals surface area contributed by atoms with Crippen molar-refractivity contribution in [1.82, 2.24) is 4.89 Å². The van der Waals surface area contributed by atoms with Crippen LogP contribution >= 0.6 is 0 Å². The van der Waals surface area contributed by atoms with E-state index in [2.05, 4.69) is 0 Å². The number of aromatic carboxylic acids is 1. The summed E-state index contributed by atoms with van der Waals surface area (Å²) < 4.78 is 29.1.